The first-order valence-corrected chi connectivity index (χ1v) is 3.66. The van der Waals surface area contributed by atoms with E-state index in [4.69, 9.17) is 4.42 Å². The van der Waals surface area contributed by atoms with Crippen LogP contribution in [0.4, 0.5) is 0 Å². The number of hydrogen-bond acceptors (Lipinski definition) is 3. The van der Waals surface area contributed by atoms with Gasteiger partial charge in [-0.05, 0) is 12.8 Å². The Hall–Kier alpha value is -1.12. The quantitative estimate of drug-likeness (QED) is 0.602. The average Bonchev–Trinajstić information content (AvgIpc) is 2.61. The zero-order chi connectivity index (χ0) is 7.90. The second-order valence-corrected chi connectivity index (χ2v) is 3.25. The molecule has 0 unspecified atom stereocenters. The number of rotatable bonds is 2. The first-order chi connectivity index (χ1) is 5.24. The Morgan fingerprint density at radius 3 is 2.91 bits per heavy atom. The number of oxazole rings is 1. The maximum absolute atomic E-state index is 10.2. The maximum atomic E-state index is 10.2. The van der Waals surface area contributed by atoms with Crippen LogP contribution in [0.5, 0.6) is 0 Å². The molecule has 1 aliphatic rings. The normalized spacial score (nSPS) is 19.7. The van der Waals surface area contributed by atoms with E-state index in [2.05, 4.69) is 11.9 Å². The number of nitrogens with zero attached hydrogens (tertiary/aromatic N) is 1. The lowest BCUT2D eigenvalue weighted by molar-refractivity contribution is 0.109. The molecule has 0 N–H and O–H groups in total. The van der Waals surface area contributed by atoms with Gasteiger partial charge in [0.1, 0.15) is 0 Å². The number of aldehydes is 1. The van der Waals surface area contributed by atoms with Crippen molar-refractivity contribution in [2.45, 2.75) is 25.2 Å². The van der Waals surface area contributed by atoms with Crippen LogP contribution in [0.2, 0.25) is 0 Å². The van der Waals surface area contributed by atoms with Crippen molar-refractivity contribution in [3.8, 4) is 0 Å². The Bertz CT molecular complexity index is 286. The van der Waals surface area contributed by atoms with Gasteiger partial charge in [0.05, 0.1) is 6.20 Å². The van der Waals surface area contributed by atoms with Crippen LogP contribution in [0, 0.1) is 0 Å². The lowest BCUT2D eigenvalue weighted by atomic mass is 10.1. The summed E-state index contributed by atoms with van der Waals surface area (Å²) >= 11 is 0. The largest absolute Gasteiger partial charge is 0.437 e. The molecule has 0 atom stereocenters. The summed E-state index contributed by atoms with van der Waals surface area (Å²) in [6.07, 6.45) is 4.39. The molecule has 0 spiro atoms. The molecule has 0 aromatic carbocycles. The molecule has 1 aromatic heterocycles. The highest BCUT2D eigenvalue weighted by Crippen LogP contribution is 2.46. The minimum absolute atomic E-state index is 0.126. The summed E-state index contributed by atoms with van der Waals surface area (Å²) in [5.74, 6) is 1.03. The second kappa shape index (κ2) is 1.94. The summed E-state index contributed by atoms with van der Waals surface area (Å²) in [7, 11) is 0. The van der Waals surface area contributed by atoms with Gasteiger partial charge in [-0.3, -0.25) is 4.79 Å². The molecule has 1 aromatic rings. The predicted molar refractivity (Wildman–Crippen MR) is 38.5 cm³/mol. The smallest absolute Gasteiger partial charge is 0.200 e. The molecule has 11 heavy (non-hydrogen) atoms. The lowest BCUT2D eigenvalue weighted by Crippen LogP contribution is -1.98. The van der Waals surface area contributed by atoms with E-state index in [0.29, 0.717) is 17.9 Å². The molecule has 0 amide bonds. The fourth-order valence-corrected chi connectivity index (χ4v) is 1.02. The van der Waals surface area contributed by atoms with Crippen LogP contribution in [-0.2, 0) is 5.41 Å². The van der Waals surface area contributed by atoms with Crippen molar-refractivity contribution in [1.82, 2.24) is 4.98 Å². The molecule has 0 saturated heterocycles. The van der Waals surface area contributed by atoms with Crippen molar-refractivity contribution in [3.05, 3.63) is 17.8 Å². The standard InChI is InChI=1S/C8H9NO2/c1-8(2-3-8)7-9-4-6(5-10)11-7/h4-5H,2-3H2,1H3. The molecule has 0 radical (unpaired) electrons. The Kier molecular flexibility index (Phi) is 1.16. The zero-order valence-corrected chi connectivity index (χ0v) is 6.33. The Morgan fingerprint density at radius 1 is 1.73 bits per heavy atom. The van der Waals surface area contributed by atoms with E-state index in [9.17, 15) is 4.79 Å². The molecular formula is C8H9NO2. The second-order valence-electron chi connectivity index (χ2n) is 3.25. The first-order valence-electron chi connectivity index (χ1n) is 3.66. The van der Waals surface area contributed by atoms with Crippen LogP contribution < -0.4 is 0 Å². The van der Waals surface area contributed by atoms with Crippen LogP contribution in [0.1, 0.15) is 36.2 Å². The van der Waals surface area contributed by atoms with Crippen LogP contribution in [-0.4, -0.2) is 11.3 Å². The topological polar surface area (TPSA) is 43.1 Å². The Morgan fingerprint density at radius 2 is 2.45 bits per heavy atom. The van der Waals surface area contributed by atoms with Gasteiger partial charge >= 0.3 is 0 Å². The van der Waals surface area contributed by atoms with Crippen LogP contribution in [0.15, 0.2) is 10.6 Å². The molecular weight excluding hydrogens is 142 g/mol. The van der Waals surface area contributed by atoms with Crippen molar-refractivity contribution in [2.75, 3.05) is 0 Å². The Balaban J connectivity index is 2.32. The van der Waals surface area contributed by atoms with Gasteiger partial charge in [-0.2, -0.15) is 0 Å². The van der Waals surface area contributed by atoms with Crippen molar-refractivity contribution in [3.63, 3.8) is 0 Å². The van der Waals surface area contributed by atoms with Crippen molar-refractivity contribution in [2.24, 2.45) is 0 Å². The highest BCUT2D eigenvalue weighted by molar-refractivity contribution is 5.69. The third-order valence-electron chi connectivity index (χ3n) is 2.16. The van der Waals surface area contributed by atoms with Gasteiger partial charge in [0.15, 0.2) is 12.0 Å². The summed E-state index contributed by atoms with van der Waals surface area (Å²) in [6.45, 7) is 2.09. The fourth-order valence-electron chi connectivity index (χ4n) is 1.02. The predicted octanol–water partition coefficient (Wildman–Crippen LogP) is 1.54. The first kappa shape index (κ1) is 6.58. The van der Waals surface area contributed by atoms with Crippen LogP contribution in [0.25, 0.3) is 0 Å². The molecule has 1 fully saturated rings. The van der Waals surface area contributed by atoms with E-state index >= 15 is 0 Å². The van der Waals surface area contributed by atoms with E-state index in [-0.39, 0.29) is 5.41 Å². The van der Waals surface area contributed by atoms with Crippen molar-refractivity contribution < 1.29 is 9.21 Å². The Labute approximate surface area is 64.4 Å². The van der Waals surface area contributed by atoms with E-state index < -0.39 is 0 Å². The number of hydrogen-bond donors (Lipinski definition) is 0. The van der Waals surface area contributed by atoms with Gasteiger partial charge in [-0.25, -0.2) is 4.98 Å². The van der Waals surface area contributed by atoms with E-state index in [1.54, 1.807) is 0 Å². The third-order valence-corrected chi connectivity index (χ3v) is 2.16. The number of carbonyl (C=O) groups excluding carboxylic acids is 1. The molecule has 3 nitrogen and oxygen atoms in total. The molecule has 1 heterocycles. The summed E-state index contributed by atoms with van der Waals surface area (Å²) in [4.78, 5) is 14.3. The average molecular weight is 151 g/mol. The van der Waals surface area contributed by atoms with E-state index in [1.165, 1.54) is 6.20 Å². The van der Waals surface area contributed by atoms with Gasteiger partial charge in [-0.15, -0.1) is 0 Å². The monoisotopic (exact) mass is 151 g/mol. The molecule has 0 bridgehead atoms. The maximum Gasteiger partial charge on any atom is 0.200 e. The highest BCUT2D eigenvalue weighted by Gasteiger charge is 2.43. The summed E-state index contributed by atoms with van der Waals surface area (Å²) in [5.41, 5.74) is 0.126. The SMILES string of the molecule is CC1(c2ncc(C=O)o2)CC1. The van der Waals surface area contributed by atoms with Gasteiger partial charge in [-0.1, -0.05) is 6.92 Å². The van der Waals surface area contributed by atoms with Crippen LogP contribution in [0.3, 0.4) is 0 Å². The summed E-state index contributed by atoms with van der Waals surface area (Å²) in [5, 5.41) is 0. The number of carbonyl (C=O) groups is 1. The lowest BCUT2D eigenvalue weighted by Gasteiger charge is -1.98. The van der Waals surface area contributed by atoms with Gasteiger partial charge in [0.2, 0.25) is 5.89 Å². The fraction of sp³-hybridized carbons (Fsp3) is 0.500. The van der Waals surface area contributed by atoms with Gasteiger partial charge in [0, 0.05) is 5.41 Å². The van der Waals surface area contributed by atoms with Crippen molar-refractivity contribution >= 4 is 6.29 Å². The van der Waals surface area contributed by atoms with Gasteiger partial charge in [0.25, 0.3) is 0 Å². The molecule has 0 aliphatic heterocycles. The highest BCUT2D eigenvalue weighted by atomic mass is 16.4. The number of aromatic nitrogens is 1. The molecule has 3 heteroatoms. The van der Waals surface area contributed by atoms with Crippen LogP contribution >= 0.6 is 0 Å². The minimum Gasteiger partial charge on any atom is -0.437 e. The van der Waals surface area contributed by atoms with Crippen molar-refractivity contribution in [1.29, 1.82) is 0 Å². The summed E-state index contributed by atoms with van der Waals surface area (Å²) in [6, 6.07) is 0. The molecule has 58 valence electrons. The minimum atomic E-state index is 0.126. The summed E-state index contributed by atoms with van der Waals surface area (Å²) < 4.78 is 5.18. The van der Waals surface area contributed by atoms with E-state index in [1.807, 2.05) is 0 Å². The molecule has 1 aliphatic carbocycles. The molecule has 1 saturated carbocycles. The van der Waals surface area contributed by atoms with Gasteiger partial charge < -0.3 is 4.42 Å². The van der Waals surface area contributed by atoms with E-state index in [0.717, 1.165) is 12.8 Å². The third kappa shape index (κ3) is 0.964. The zero-order valence-electron chi connectivity index (χ0n) is 6.33. The molecule has 2 rings (SSSR count).